The average molecular weight is 401 g/mol. The minimum Gasteiger partial charge on any atom is -0.176 e. The van der Waals surface area contributed by atoms with Crippen molar-refractivity contribution in [3.8, 4) is 0 Å². The Labute approximate surface area is 180 Å². The third-order valence-electron chi connectivity index (χ3n) is 9.75. The van der Waals surface area contributed by atoms with Gasteiger partial charge >= 0.3 is 0 Å². The molecule has 0 spiro atoms. The van der Waals surface area contributed by atoms with Crippen molar-refractivity contribution in [1.82, 2.24) is 0 Å². The summed E-state index contributed by atoms with van der Waals surface area (Å²) in [6.07, 6.45) is 19.1. The zero-order chi connectivity index (χ0) is 20.1. The van der Waals surface area contributed by atoms with E-state index in [1.165, 1.54) is 64.2 Å². The zero-order valence-corrected chi connectivity index (χ0v) is 20.0. The Morgan fingerprint density at radius 1 is 0.964 bits per heavy atom. The van der Waals surface area contributed by atoms with Crippen LogP contribution in [0.25, 0.3) is 0 Å². The van der Waals surface area contributed by atoms with E-state index in [0.717, 1.165) is 29.6 Å². The number of fused-ring (bicyclic) bond motifs is 5. The summed E-state index contributed by atoms with van der Waals surface area (Å²) >= 11 is 4.82. The van der Waals surface area contributed by atoms with Crippen LogP contribution in [0.2, 0.25) is 0 Å². The van der Waals surface area contributed by atoms with Crippen LogP contribution < -0.4 is 0 Å². The summed E-state index contributed by atoms with van der Waals surface area (Å²) < 4.78 is 0. The maximum atomic E-state index is 4.82. The number of rotatable bonds is 5. The van der Waals surface area contributed by atoms with Crippen molar-refractivity contribution in [3.05, 3.63) is 23.3 Å². The largest absolute Gasteiger partial charge is 0.176 e. The number of hydrogen-bond donors (Lipinski definition) is 1. The third kappa shape index (κ3) is 3.46. The first-order chi connectivity index (χ1) is 13.3. The molecule has 4 rings (SSSR count). The molecule has 0 aromatic heterocycles. The summed E-state index contributed by atoms with van der Waals surface area (Å²) in [4.78, 5) is 0. The van der Waals surface area contributed by atoms with E-state index in [4.69, 9.17) is 12.6 Å². The molecule has 1 heteroatoms. The molecule has 4 aliphatic carbocycles. The van der Waals surface area contributed by atoms with Crippen molar-refractivity contribution < 1.29 is 0 Å². The Kier molecular flexibility index (Phi) is 5.89. The van der Waals surface area contributed by atoms with Crippen LogP contribution in [0, 0.1) is 40.4 Å². The maximum absolute atomic E-state index is 4.82. The van der Waals surface area contributed by atoms with Gasteiger partial charge in [-0.1, -0.05) is 77.2 Å². The van der Waals surface area contributed by atoms with E-state index in [2.05, 4.69) is 46.8 Å². The lowest BCUT2D eigenvalue weighted by Gasteiger charge is -2.55. The third-order valence-corrected chi connectivity index (χ3v) is 10.2. The molecule has 28 heavy (non-hydrogen) atoms. The fourth-order valence-electron chi connectivity index (χ4n) is 8.01. The van der Waals surface area contributed by atoms with Crippen molar-refractivity contribution in [2.24, 2.45) is 40.4 Å². The zero-order valence-electron chi connectivity index (χ0n) is 19.1. The molecule has 7 unspecified atom stereocenters. The molecule has 0 bridgehead atoms. The Morgan fingerprint density at radius 3 is 2.50 bits per heavy atom. The van der Waals surface area contributed by atoms with Crippen molar-refractivity contribution in [2.45, 2.75) is 104 Å². The van der Waals surface area contributed by atoms with Crippen molar-refractivity contribution in [2.75, 3.05) is 0 Å². The SMILES string of the molecule is CC(C)CCCC(C)C1CCC2C3=CC=C4CC(S)CCC4(C)C3CCC21C. The minimum atomic E-state index is 0.436. The van der Waals surface area contributed by atoms with Gasteiger partial charge in [-0.15, -0.1) is 0 Å². The molecule has 0 aliphatic heterocycles. The summed E-state index contributed by atoms with van der Waals surface area (Å²) in [7, 11) is 0. The highest BCUT2D eigenvalue weighted by molar-refractivity contribution is 7.80. The molecule has 4 aliphatic rings. The molecule has 0 N–H and O–H groups in total. The molecule has 0 radical (unpaired) electrons. The van der Waals surface area contributed by atoms with Crippen LogP contribution in [0.1, 0.15) is 98.8 Å². The lowest BCUT2D eigenvalue weighted by Crippen LogP contribution is -2.46. The van der Waals surface area contributed by atoms with Gasteiger partial charge in [-0.25, -0.2) is 0 Å². The molecule has 0 heterocycles. The van der Waals surface area contributed by atoms with Crippen LogP contribution in [0.4, 0.5) is 0 Å². The van der Waals surface area contributed by atoms with Gasteiger partial charge in [0.1, 0.15) is 0 Å². The molecule has 158 valence electrons. The average Bonchev–Trinajstić information content (AvgIpc) is 2.99. The molecule has 0 aromatic carbocycles. The summed E-state index contributed by atoms with van der Waals surface area (Å²) in [5, 5.41) is 0.589. The molecule has 0 amide bonds. The summed E-state index contributed by atoms with van der Waals surface area (Å²) in [6, 6.07) is 0. The number of thiol groups is 1. The van der Waals surface area contributed by atoms with Crippen molar-refractivity contribution >= 4 is 12.6 Å². The van der Waals surface area contributed by atoms with Crippen LogP contribution in [0.15, 0.2) is 23.3 Å². The molecule has 0 nitrogen and oxygen atoms in total. The van der Waals surface area contributed by atoms with Gasteiger partial charge in [0.25, 0.3) is 0 Å². The maximum Gasteiger partial charge on any atom is 0.00546 e. The first kappa shape index (κ1) is 21.1. The Balaban J connectivity index is 1.53. The van der Waals surface area contributed by atoms with Gasteiger partial charge in [-0.2, -0.15) is 12.6 Å². The normalized spacial score (nSPS) is 43.7. The lowest BCUT2D eigenvalue weighted by atomic mass is 9.50. The second kappa shape index (κ2) is 7.82. The van der Waals surface area contributed by atoms with Gasteiger partial charge in [-0.3, -0.25) is 0 Å². The Hall–Kier alpha value is -0.170. The van der Waals surface area contributed by atoms with Crippen LogP contribution in [0.5, 0.6) is 0 Å². The fourth-order valence-corrected chi connectivity index (χ4v) is 8.33. The fraction of sp³-hybridized carbons (Fsp3) is 0.852. The predicted molar refractivity (Wildman–Crippen MR) is 126 cm³/mol. The van der Waals surface area contributed by atoms with Crippen molar-refractivity contribution in [3.63, 3.8) is 0 Å². The van der Waals surface area contributed by atoms with E-state index in [0.29, 0.717) is 16.1 Å². The first-order valence-electron chi connectivity index (χ1n) is 12.3. The van der Waals surface area contributed by atoms with Crippen LogP contribution in [-0.4, -0.2) is 5.25 Å². The highest BCUT2D eigenvalue weighted by Crippen LogP contribution is 2.66. The van der Waals surface area contributed by atoms with Crippen LogP contribution in [-0.2, 0) is 0 Å². The number of allylic oxidation sites excluding steroid dienone is 4. The van der Waals surface area contributed by atoms with E-state index >= 15 is 0 Å². The van der Waals surface area contributed by atoms with Crippen LogP contribution in [0.3, 0.4) is 0 Å². The second-order valence-electron chi connectivity index (χ2n) is 11.8. The predicted octanol–water partition coefficient (Wildman–Crippen LogP) is 8.25. The van der Waals surface area contributed by atoms with Gasteiger partial charge in [-0.05, 0) is 85.4 Å². The van der Waals surface area contributed by atoms with E-state index in [-0.39, 0.29) is 0 Å². The summed E-state index contributed by atoms with van der Waals surface area (Å²) in [5.41, 5.74) is 4.57. The Morgan fingerprint density at radius 2 is 1.75 bits per heavy atom. The summed E-state index contributed by atoms with van der Waals surface area (Å²) in [5.74, 6) is 4.37. The lowest BCUT2D eigenvalue weighted by molar-refractivity contribution is 0.0480. The van der Waals surface area contributed by atoms with E-state index in [1.54, 1.807) is 5.57 Å². The second-order valence-corrected chi connectivity index (χ2v) is 12.5. The number of hydrogen-bond acceptors (Lipinski definition) is 1. The van der Waals surface area contributed by atoms with Gasteiger partial charge in [0.2, 0.25) is 0 Å². The molecular weight excluding hydrogens is 356 g/mol. The first-order valence-corrected chi connectivity index (χ1v) is 12.9. The van der Waals surface area contributed by atoms with Gasteiger partial charge < -0.3 is 0 Å². The molecule has 0 saturated heterocycles. The summed E-state index contributed by atoms with van der Waals surface area (Å²) in [6.45, 7) is 12.6. The molecule has 3 saturated carbocycles. The minimum absolute atomic E-state index is 0.436. The standard InChI is InChI=1S/C27H44S/c1-18(2)7-6-8-19(3)23-11-12-24-22-10-9-20-17-21(28)13-15-26(20,4)25(22)14-16-27(23,24)5/h9-10,18-19,21,23-25,28H,6-8,11-17H2,1-5H3. The van der Waals surface area contributed by atoms with Crippen molar-refractivity contribution in [1.29, 1.82) is 0 Å². The Bertz CT molecular complexity index is 643. The molecule has 7 atom stereocenters. The highest BCUT2D eigenvalue weighted by atomic mass is 32.1. The smallest absolute Gasteiger partial charge is 0.00546 e. The highest BCUT2D eigenvalue weighted by Gasteiger charge is 2.56. The van der Waals surface area contributed by atoms with Gasteiger partial charge in [0, 0.05) is 5.25 Å². The monoisotopic (exact) mass is 400 g/mol. The molecular formula is C27H44S. The van der Waals surface area contributed by atoms with Crippen LogP contribution >= 0.6 is 12.6 Å². The van der Waals surface area contributed by atoms with Gasteiger partial charge in [0.15, 0.2) is 0 Å². The topological polar surface area (TPSA) is 0 Å². The quantitative estimate of drug-likeness (QED) is 0.441. The molecule has 3 fully saturated rings. The van der Waals surface area contributed by atoms with E-state index < -0.39 is 0 Å². The van der Waals surface area contributed by atoms with Gasteiger partial charge in [0.05, 0.1) is 0 Å². The molecule has 0 aromatic rings. The van der Waals surface area contributed by atoms with E-state index in [9.17, 15) is 0 Å². The van der Waals surface area contributed by atoms with E-state index in [1.807, 2.05) is 5.57 Å².